The lowest BCUT2D eigenvalue weighted by molar-refractivity contribution is -0.114. The molecule has 3 nitrogen and oxygen atoms in total. The maximum Gasteiger partial charge on any atom is 0.0876 e. The van der Waals surface area contributed by atoms with E-state index >= 15 is 0 Å². The lowest BCUT2D eigenvalue weighted by Gasteiger charge is -2.61. The third-order valence-corrected chi connectivity index (χ3v) is 12.6. The van der Waals surface area contributed by atoms with Crippen molar-refractivity contribution in [2.75, 3.05) is 18.1 Å². The molecule has 1 unspecified atom stereocenters. The molecule has 4 fully saturated rings. The predicted octanol–water partition coefficient (Wildman–Crippen LogP) is 9.56. The van der Waals surface area contributed by atoms with Crippen LogP contribution < -0.4 is 11.5 Å². The molecule has 0 bridgehead atoms. The molecule has 1 aromatic carbocycles. The molecule has 4 saturated carbocycles. The van der Waals surface area contributed by atoms with E-state index in [1.54, 1.807) is 6.42 Å². The van der Waals surface area contributed by atoms with E-state index in [2.05, 4.69) is 27.7 Å². The van der Waals surface area contributed by atoms with Crippen molar-refractivity contribution in [3.8, 4) is 0 Å². The molecule has 39 heavy (non-hydrogen) atoms. The summed E-state index contributed by atoms with van der Waals surface area (Å²) in [5.74, 6) is 5.87. The van der Waals surface area contributed by atoms with E-state index in [-0.39, 0.29) is 0 Å². The van der Waals surface area contributed by atoms with Gasteiger partial charge in [-0.15, -0.1) is 0 Å². The highest BCUT2D eigenvalue weighted by molar-refractivity contribution is 5.54. The van der Waals surface area contributed by atoms with Gasteiger partial charge in [0.25, 0.3) is 0 Å². The molecule has 0 amide bonds. The van der Waals surface area contributed by atoms with E-state index in [1.165, 1.54) is 81.8 Å². The van der Waals surface area contributed by atoms with Gasteiger partial charge in [-0.2, -0.15) is 0 Å². The molecule has 4 N–H and O–H groups in total. The number of aryl methyl sites for hydroxylation is 1. The number of allylic oxidation sites excluding steroid dienone is 1. The summed E-state index contributed by atoms with van der Waals surface area (Å²) in [7, 11) is 0. The summed E-state index contributed by atoms with van der Waals surface area (Å²) in [6, 6.07) is 5.84. The summed E-state index contributed by atoms with van der Waals surface area (Å²) in [5, 5.41) is 0. The van der Waals surface area contributed by atoms with Gasteiger partial charge in [-0.05, 0) is 160 Å². The molecule has 0 aliphatic heterocycles. The second-order valence-corrected chi connectivity index (χ2v) is 14.9. The summed E-state index contributed by atoms with van der Waals surface area (Å²) < 4.78 is 5.89. The van der Waals surface area contributed by atoms with E-state index in [4.69, 9.17) is 16.2 Å². The van der Waals surface area contributed by atoms with Crippen LogP contribution in [-0.2, 0) is 11.2 Å². The van der Waals surface area contributed by atoms with Gasteiger partial charge in [-0.1, -0.05) is 40.0 Å². The molecular weight excluding hydrogens is 476 g/mol. The molecular formula is C36H58N2O. The third kappa shape index (κ3) is 6.03. The van der Waals surface area contributed by atoms with Crippen LogP contribution in [-0.4, -0.2) is 6.61 Å². The number of rotatable bonds is 10. The standard InChI is InChI=1S/C36H58N2O/c1-25(24-39-20-8-11-27-21-29(37)23-30(38)22-27)9-7-10-26(2)32-15-16-33-31-14-13-28-12-5-6-18-35(28,3)34(31)17-19-36(32,33)4/h21-24,26,28,31-34H,5-20,37-38H2,1-4H3/t26-,28?,31+,32-,33+,34+,35+,36-/m1/s1. The minimum absolute atomic E-state index is 0.598. The lowest BCUT2D eigenvalue weighted by atomic mass is 9.44. The molecule has 8 atom stereocenters. The molecule has 4 aliphatic rings. The second-order valence-electron chi connectivity index (χ2n) is 14.9. The van der Waals surface area contributed by atoms with Gasteiger partial charge in [0.2, 0.25) is 0 Å². The van der Waals surface area contributed by atoms with Crippen LogP contribution in [0, 0.1) is 46.3 Å². The van der Waals surface area contributed by atoms with Gasteiger partial charge in [-0.3, -0.25) is 0 Å². The van der Waals surface area contributed by atoms with Crippen LogP contribution in [0.25, 0.3) is 0 Å². The van der Waals surface area contributed by atoms with Crippen molar-refractivity contribution >= 4 is 11.4 Å². The number of nitrogen functional groups attached to an aromatic ring is 2. The number of benzene rings is 1. The fraction of sp³-hybridized carbons (Fsp3) is 0.778. The largest absolute Gasteiger partial charge is 0.501 e. The second kappa shape index (κ2) is 12.1. The Hall–Kier alpha value is -1.64. The van der Waals surface area contributed by atoms with Crippen molar-refractivity contribution in [3.63, 3.8) is 0 Å². The Morgan fingerprint density at radius 1 is 0.923 bits per heavy atom. The van der Waals surface area contributed by atoms with Crippen molar-refractivity contribution in [1.29, 1.82) is 0 Å². The number of anilines is 2. The first-order valence-electron chi connectivity index (χ1n) is 16.6. The lowest BCUT2D eigenvalue weighted by Crippen LogP contribution is -2.53. The molecule has 0 saturated heterocycles. The zero-order valence-corrected chi connectivity index (χ0v) is 25.7. The number of fused-ring (bicyclic) bond motifs is 5. The van der Waals surface area contributed by atoms with Gasteiger partial charge in [0.15, 0.2) is 0 Å². The molecule has 3 heteroatoms. The van der Waals surface area contributed by atoms with Crippen LogP contribution in [0.5, 0.6) is 0 Å². The molecule has 0 radical (unpaired) electrons. The summed E-state index contributed by atoms with van der Waals surface area (Å²) in [4.78, 5) is 0. The molecule has 0 spiro atoms. The normalized spacial score (nSPS) is 37.0. The fourth-order valence-electron chi connectivity index (χ4n) is 10.7. The number of hydrogen-bond donors (Lipinski definition) is 2. The van der Waals surface area contributed by atoms with Gasteiger partial charge < -0.3 is 16.2 Å². The number of nitrogens with two attached hydrogens (primary N) is 2. The fourth-order valence-corrected chi connectivity index (χ4v) is 10.7. The van der Waals surface area contributed by atoms with E-state index in [9.17, 15) is 0 Å². The van der Waals surface area contributed by atoms with Crippen molar-refractivity contribution < 1.29 is 4.74 Å². The highest BCUT2D eigenvalue weighted by Crippen LogP contribution is 2.68. The van der Waals surface area contributed by atoms with E-state index in [0.717, 1.165) is 72.8 Å². The first kappa shape index (κ1) is 28.9. The monoisotopic (exact) mass is 534 g/mol. The van der Waals surface area contributed by atoms with Crippen molar-refractivity contribution in [3.05, 3.63) is 35.6 Å². The number of hydrogen-bond acceptors (Lipinski definition) is 3. The maximum atomic E-state index is 5.91. The van der Waals surface area contributed by atoms with Gasteiger partial charge in [0.05, 0.1) is 12.9 Å². The van der Waals surface area contributed by atoms with Crippen molar-refractivity contribution in [2.24, 2.45) is 46.3 Å². The minimum Gasteiger partial charge on any atom is -0.501 e. The van der Waals surface area contributed by atoms with Crippen molar-refractivity contribution in [2.45, 2.75) is 124 Å². The SMILES string of the molecule is CC(=COCCCc1cc(N)cc(N)c1)CCC[C@@H](C)[C@H]1CC[C@H]2[C@@H]3CCC4CCCC[C@]4(C)[C@H]3CC[C@]12C. The van der Waals surface area contributed by atoms with E-state index in [1.807, 2.05) is 24.5 Å². The summed E-state index contributed by atoms with van der Waals surface area (Å²) in [6.07, 6.45) is 22.9. The summed E-state index contributed by atoms with van der Waals surface area (Å²) >= 11 is 0. The molecule has 0 aromatic heterocycles. The Bertz CT molecular complexity index is 982. The Morgan fingerprint density at radius 3 is 2.49 bits per heavy atom. The quantitative estimate of drug-likeness (QED) is 0.178. The minimum atomic E-state index is 0.598. The third-order valence-electron chi connectivity index (χ3n) is 12.6. The number of ether oxygens (including phenoxy) is 1. The Kier molecular flexibility index (Phi) is 8.94. The first-order chi connectivity index (χ1) is 18.7. The maximum absolute atomic E-state index is 5.91. The Morgan fingerprint density at radius 2 is 1.69 bits per heavy atom. The van der Waals surface area contributed by atoms with Crippen LogP contribution >= 0.6 is 0 Å². The van der Waals surface area contributed by atoms with Gasteiger partial charge in [-0.25, -0.2) is 0 Å². The highest BCUT2D eigenvalue weighted by atomic mass is 16.5. The van der Waals surface area contributed by atoms with Crippen LogP contribution in [0.2, 0.25) is 0 Å². The van der Waals surface area contributed by atoms with Gasteiger partial charge in [0, 0.05) is 11.4 Å². The first-order valence-corrected chi connectivity index (χ1v) is 16.6. The predicted molar refractivity (Wildman–Crippen MR) is 166 cm³/mol. The summed E-state index contributed by atoms with van der Waals surface area (Å²) in [5.41, 5.74) is 17.1. The molecule has 4 aliphatic carbocycles. The van der Waals surface area contributed by atoms with Crippen LogP contribution in [0.15, 0.2) is 30.0 Å². The van der Waals surface area contributed by atoms with Crippen molar-refractivity contribution in [1.82, 2.24) is 0 Å². The Balaban J connectivity index is 1.06. The van der Waals surface area contributed by atoms with E-state index < -0.39 is 0 Å². The summed E-state index contributed by atoms with van der Waals surface area (Å²) in [6.45, 7) is 11.0. The molecule has 5 rings (SSSR count). The van der Waals surface area contributed by atoms with Gasteiger partial charge in [0.1, 0.15) is 0 Å². The van der Waals surface area contributed by atoms with E-state index in [0.29, 0.717) is 10.8 Å². The molecule has 1 aromatic rings. The smallest absolute Gasteiger partial charge is 0.0876 e. The van der Waals surface area contributed by atoms with Crippen LogP contribution in [0.4, 0.5) is 11.4 Å². The van der Waals surface area contributed by atoms with Crippen LogP contribution in [0.1, 0.15) is 123 Å². The van der Waals surface area contributed by atoms with Crippen LogP contribution in [0.3, 0.4) is 0 Å². The average molecular weight is 535 g/mol. The molecule has 218 valence electrons. The molecule has 0 heterocycles. The highest BCUT2D eigenvalue weighted by Gasteiger charge is 2.60. The average Bonchev–Trinajstić information content (AvgIpc) is 3.25. The zero-order valence-electron chi connectivity index (χ0n) is 25.7. The Labute approximate surface area is 239 Å². The zero-order chi connectivity index (χ0) is 27.6. The van der Waals surface area contributed by atoms with Gasteiger partial charge >= 0.3 is 0 Å². The topological polar surface area (TPSA) is 61.3 Å².